The first-order valence-electron chi connectivity index (χ1n) is 8.86. The summed E-state index contributed by atoms with van der Waals surface area (Å²) in [6.07, 6.45) is 8.95. The summed E-state index contributed by atoms with van der Waals surface area (Å²) in [7, 11) is -1.14. The molecule has 0 aromatic rings. The number of rotatable bonds is 10. The second-order valence-corrected chi connectivity index (χ2v) is 12.3. The molecule has 0 saturated carbocycles. The van der Waals surface area contributed by atoms with Crippen LogP contribution in [0.1, 0.15) is 58.8 Å². The zero-order chi connectivity index (χ0) is 17.0. The molecular formula is C17H35BrO2SiZn. The van der Waals surface area contributed by atoms with Gasteiger partial charge in [-0.05, 0) is 19.3 Å². The number of halogens is 1. The van der Waals surface area contributed by atoms with Gasteiger partial charge < -0.3 is 15.5 Å². The van der Waals surface area contributed by atoms with Crippen LogP contribution in [0.25, 0.3) is 0 Å². The van der Waals surface area contributed by atoms with Gasteiger partial charge in [-0.2, -0.15) is 0 Å². The molecule has 1 unspecified atom stereocenters. The summed E-state index contributed by atoms with van der Waals surface area (Å²) in [4.78, 5) is 0. The maximum atomic E-state index is 6.18. The number of unbranched alkanes of at least 4 members (excludes halogenated alkanes) is 3. The summed E-state index contributed by atoms with van der Waals surface area (Å²) in [6.45, 7) is 12.6. The SMILES string of the molecule is CCCCC[C@@H]1OC(OCCCC)C[C@H]1[CH-][Si](C)(C)C.[Zn+][Br]. The van der Waals surface area contributed by atoms with Gasteiger partial charge in [0.1, 0.15) is 0 Å². The average Bonchev–Trinajstić information content (AvgIpc) is 2.82. The molecule has 0 aromatic heterocycles. The molecule has 1 aliphatic heterocycles. The molecule has 128 valence electrons. The third kappa shape index (κ3) is 10.9. The molecule has 1 rings (SSSR count). The number of hydrogen-bond acceptors (Lipinski definition) is 2. The van der Waals surface area contributed by atoms with Gasteiger partial charge >= 0.3 is 30.0 Å². The molecule has 5 heteroatoms. The molecule has 1 aliphatic rings. The van der Waals surface area contributed by atoms with Crippen molar-refractivity contribution in [3.63, 3.8) is 0 Å². The Kier molecular flexibility index (Phi) is 14.3. The van der Waals surface area contributed by atoms with Crippen LogP contribution in [0.3, 0.4) is 0 Å². The fourth-order valence-electron chi connectivity index (χ4n) is 2.89. The van der Waals surface area contributed by atoms with Gasteiger partial charge in [0.2, 0.25) is 0 Å². The molecule has 0 N–H and O–H groups in total. The van der Waals surface area contributed by atoms with Gasteiger partial charge in [-0.1, -0.05) is 59.2 Å². The summed E-state index contributed by atoms with van der Waals surface area (Å²) < 4.78 is 12.1. The predicted molar refractivity (Wildman–Crippen MR) is 98.3 cm³/mol. The van der Waals surface area contributed by atoms with Gasteiger partial charge in [-0.3, -0.25) is 0 Å². The zero-order valence-electron chi connectivity index (χ0n) is 15.4. The Bertz CT molecular complexity index is 262. The monoisotopic (exact) mass is 442 g/mol. The van der Waals surface area contributed by atoms with Gasteiger partial charge in [-0.25, -0.2) is 0 Å². The van der Waals surface area contributed by atoms with E-state index in [0.717, 1.165) is 19.4 Å². The molecular weight excluding hydrogens is 410 g/mol. The molecule has 0 spiro atoms. The Labute approximate surface area is 156 Å². The molecule has 1 saturated heterocycles. The van der Waals surface area contributed by atoms with Crippen molar-refractivity contribution >= 4 is 21.7 Å². The molecule has 22 heavy (non-hydrogen) atoms. The van der Waals surface area contributed by atoms with E-state index in [1.165, 1.54) is 48.4 Å². The molecule has 0 bridgehead atoms. The Hall–Kier alpha value is 1.24. The maximum absolute atomic E-state index is 6.18. The van der Waals surface area contributed by atoms with Crippen LogP contribution < -0.4 is 0 Å². The minimum atomic E-state index is -1.14. The van der Waals surface area contributed by atoms with E-state index < -0.39 is 8.07 Å². The van der Waals surface area contributed by atoms with Gasteiger partial charge in [0.15, 0.2) is 6.29 Å². The molecule has 1 fully saturated rings. The summed E-state index contributed by atoms with van der Waals surface area (Å²) in [6, 6.07) is 2.62. The fourth-order valence-corrected chi connectivity index (χ4v) is 4.52. The van der Waals surface area contributed by atoms with E-state index in [1.807, 2.05) is 0 Å². The number of hydrogen-bond donors (Lipinski definition) is 0. The van der Waals surface area contributed by atoms with Crippen LogP contribution in [-0.4, -0.2) is 27.1 Å². The second kappa shape index (κ2) is 13.5. The Morgan fingerprint density at radius 1 is 1.14 bits per heavy atom. The molecule has 0 radical (unpaired) electrons. The van der Waals surface area contributed by atoms with Gasteiger partial charge in [0.25, 0.3) is 0 Å². The van der Waals surface area contributed by atoms with Crippen LogP contribution in [0.4, 0.5) is 0 Å². The Morgan fingerprint density at radius 3 is 2.32 bits per heavy atom. The number of ether oxygens (including phenoxy) is 2. The van der Waals surface area contributed by atoms with Crippen LogP contribution in [0.5, 0.6) is 0 Å². The predicted octanol–water partition coefficient (Wildman–Crippen LogP) is 6.04. The first-order valence-corrected chi connectivity index (χ1v) is 19.4. The van der Waals surface area contributed by atoms with E-state index >= 15 is 0 Å². The molecule has 2 nitrogen and oxygen atoms in total. The van der Waals surface area contributed by atoms with E-state index in [1.54, 1.807) is 0 Å². The third-order valence-electron chi connectivity index (χ3n) is 3.88. The summed E-state index contributed by atoms with van der Waals surface area (Å²) in [5, 5.41) is 0. The van der Waals surface area contributed by atoms with Crippen LogP contribution >= 0.6 is 13.6 Å². The van der Waals surface area contributed by atoms with Crippen LogP contribution in [-0.2, 0) is 25.8 Å². The van der Waals surface area contributed by atoms with Gasteiger partial charge in [-0.15, -0.1) is 14.0 Å². The summed E-state index contributed by atoms with van der Waals surface area (Å²) in [5.74, 6) is 0.616. The zero-order valence-corrected chi connectivity index (χ0v) is 20.9. The van der Waals surface area contributed by atoms with Crippen molar-refractivity contribution in [1.82, 2.24) is 0 Å². The molecule has 0 aromatic carbocycles. The van der Waals surface area contributed by atoms with Crippen LogP contribution in [0.2, 0.25) is 19.6 Å². The van der Waals surface area contributed by atoms with E-state index in [9.17, 15) is 0 Å². The fraction of sp³-hybridized carbons (Fsp3) is 0.941. The van der Waals surface area contributed by atoms with Crippen molar-refractivity contribution in [2.24, 2.45) is 5.92 Å². The van der Waals surface area contributed by atoms with E-state index in [2.05, 4.69) is 53.2 Å². The first-order chi connectivity index (χ1) is 10.5. The van der Waals surface area contributed by atoms with Crippen LogP contribution in [0, 0.1) is 12.0 Å². The van der Waals surface area contributed by atoms with E-state index in [0.29, 0.717) is 12.0 Å². The molecule has 0 amide bonds. The average molecular weight is 445 g/mol. The standard InChI is InChI=1S/C17H35O2Si.BrH.Zn/c1-6-8-10-11-16-15(14-20(3,4)5)13-17(19-16)18-12-9-7-2;;/h14-17H,6-13H2,1-5H3;1H;/q-1;;+2/p-1/t15-,16-,17?;;/m0../s1. The normalized spacial score (nSPS) is 25.0. The molecule has 3 atom stereocenters. The van der Waals surface area contributed by atoms with Gasteiger partial charge in [0, 0.05) is 12.7 Å². The third-order valence-corrected chi connectivity index (χ3v) is 5.30. The van der Waals surface area contributed by atoms with E-state index in [4.69, 9.17) is 9.47 Å². The van der Waals surface area contributed by atoms with Gasteiger partial charge in [0.05, 0.1) is 0 Å². The molecule has 0 aliphatic carbocycles. The molecule has 1 heterocycles. The van der Waals surface area contributed by atoms with Crippen molar-refractivity contribution in [1.29, 1.82) is 0 Å². The van der Waals surface area contributed by atoms with E-state index in [-0.39, 0.29) is 6.29 Å². The van der Waals surface area contributed by atoms with Crippen molar-refractivity contribution in [2.75, 3.05) is 6.61 Å². The van der Waals surface area contributed by atoms with Crippen molar-refractivity contribution in [2.45, 2.75) is 90.8 Å². The van der Waals surface area contributed by atoms with Crippen molar-refractivity contribution < 1.29 is 25.8 Å². The quantitative estimate of drug-likeness (QED) is 0.232. The Morgan fingerprint density at radius 2 is 1.77 bits per heavy atom. The summed E-state index contributed by atoms with van der Waals surface area (Å²) in [5.41, 5.74) is 0. The topological polar surface area (TPSA) is 18.5 Å². The first kappa shape index (κ1) is 23.2. The summed E-state index contributed by atoms with van der Waals surface area (Å²) >= 11 is 4.25. The second-order valence-electron chi connectivity index (χ2n) is 7.26. The Balaban J connectivity index is 0.00000211. The van der Waals surface area contributed by atoms with Crippen molar-refractivity contribution in [3.05, 3.63) is 6.04 Å². The van der Waals surface area contributed by atoms with Crippen LogP contribution in [0.15, 0.2) is 0 Å². The van der Waals surface area contributed by atoms with Crippen molar-refractivity contribution in [3.8, 4) is 0 Å². The minimum absolute atomic E-state index is 0.0470.